The van der Waals surface area contributed by atoms with E-state index >= 15 is 0 Å². The summed E-state index contributed by atoms with van der Waals surface area (Å²) < 4.78 is 40.0. The molecule has 0 spiro atoms. The Balaban J connectivity index is 3.80. The van der Waals surface area contributed by atoms with Gasteiger partial charge in [-0.1, -0.05) is 0 Å². The molecule has 1 rings (SSSR count). The Labute approximate surface area is 88.0 Å². The van der Waals surface area contributed by atoms with Gasteiger partial charge in [0.2, 0.25) is 0 Å². The summed E-state index contributed by atoms with van der Waals surface area (Å²) in [6, 6.07) is 0. The Morgan fingerprint density at radius 1 is 0.875 bits per heavy atom. The lowest BCUT2D eigenvalue weighted by atomic mass is 10.0. The third-order valence-corrected chi connectivity index (χ3v) is 2.03. The Kier molecular flexibility index (Phi) is 2.88. The van der Waals surface area contributed by atoms with Crippen LogP contribution in [-0.2, 0) is 0 Å². The van der Waals surface area contributed by atoms with E-state index in [9.17, 15) is 22.8 Å². The van der Waals surface area contributed by atoms with Crippen LogP contribution >= 0.6 is 0 Å². The van der Waals surface area contributed by atoms with Gasteiger partial charge in [-0.05, 0) is 6.92 Å². The van der Waals surface area contributed by atoms with Crippen LogP contribution in [0.4, 0.5) is 13.2 Å². The zero-order valence-corrected chi connectivity index (χ0v) is 8.11. The number of benzene rings is 1. The van der Waals surface area contributed by atoms with Crippen molar-refractivity contribution in [3.8, 4) is 0 Å². The van der Waals surface area contributed by atoms with Gasteiger partial charge in [-0.2, -0.15) is 0 Å². The van der Waals surface area contributed by atoms with Crippen LogP contribution in [0.1, 0.15) is 26.3 Å². The molecule has 86 valence electrons. The highest BCUT2D eigenvalue weighted by atomic mass is 19.1. The highest BCUT2D eigenvalue weighted by Crippen LogP contribution is 2.24. The zero-order chi connectivity index (χ0) is 12.6. The van der Waals surface area contributed by atoms with Crippen LogP contribution in [0, 0.1) is 24.4 Å². The summed E-state index contributed by atoms with van der Waals surface area (Å²) in [5.74, 6) is -7.44. The number of halogens is 3. The van der Waals surface area contributed by atoms with Crippen LogP contribution in [0.25, 0.3) is 0 Å². The Morgan fingerprint density at radius 2 is 1.19 bits per heavy atom. The van der Waals surface area contributed by atoms with Crippen molar-refractivity contribution < 1.29 is 22.8 Å². The summed E-state index contributed by atoms with van der Waals surface area (Å²) in [5.41, 5.74) is 6.38. The second-order valence-corrected chi connectivity index (χ2v) is 3.05. The van der Waals surface area contributed by atoms with Gasteiger partial charge in [0.15, 0.2) is 5.82 Å². The van der Waals surface area contributed by atoms with E-state index in [-0.39, 0.29) is 0 Å². The van der Waals surface area contributed by atoms with Gasteiger partial charge >= 0.3 is 0 Å². The maximum atomic E-state index is 13.4. The molecule has 0 fully saturated rings. The van der Waals surface area contributed by atoms with Crippen molar-refractivity contribution in [3.05, 3.63) is 34.1 Å². The maximum absolute atomic E-state index is 13.4. The summed E-state index contributed by atoms with van der Waals surface area (Å²) in [7, 11) is 0. The maximum Gasteiger partial charge on any atom is 0.254 e. The summed E-state index contributed by atoms with van der Waals surface area (Å²) in [6.45, 7) is 0.934. The summed E-state index contributed by atoms with van der Waals surface area (Å²) in [5, 5.41) is 0. The number of amides is 2. The molecule has 0 aliphatic rings. The standard InChI is InChI=1S/C9H7F3N2O2/c1-2-5(10)3(8(13)15)7(12)4(6(2)11)9(14)16/h1H3,(H2,13,15)(H2,14,16). The van der Waals surface area contributed by atoms with Crippen LogP contribution in [0.2, 0.25) is 0 Å². The van der Waals surface area contributed by atoms with Crippen LogP contribution < -0.4 is 11.5 Å². The fourth-order valence-corrected chi connectivity index (χ4v) is 1.22. The van der Waals surface area contributed by atoms with Crippen molar-refractivity contribution in [1.82, 2.24) is 0 Å². The lowest BCUT2D eigenvalue weighted by Gasteiger charge is -2.09. The first-order valence-electron chi connectivity index (χ1n) is 4.05. The van der Waals surface area contributed by atoms with E-state index in [2.05, 4.69) is 0 Å². The lowest BCUT2D eigenvalue weighted by molar-refractivity contribution is 0.0987. The van der Waals surface area contributed by atoms with Crippen LogP contribution in [0.15, 0.2) is 0 Å². The minimum Gasteiger partial charge on any atom is -0.365 e. The molecule has 0 heterocycles. The molecule has 0 aromatic heterocycles. The van der Waals surface area contributed by atoms with Gasteiger partial charge in [0, 0.05) is 5.56 Å². The van der Waals surface area contributed by atoms with Gasteiger partial charge in [0.05, 0.1) is 0 Å². The molecule has 1 aromatic carbocycles. The summed E-state index contributed by atoms with van der Waals surface area (Å²) in [4.78, 5) is 21.5. The second-order valence-electron chi connectivity index (χ2n) is 3.05. The molecule has 0 saturated carbocycles. The van der Waals surface area contributed by atoms with Crippen molar-refractivity contribution in [2.24, 2.45) is 11.5 Å². The van der Waals surface area contributed by atoms with Gasteiger partial charge in [0.1, 0.15) is 22.8 Å². The topological polar surface area (TPSA) is 86.2 Å². The highest BCUT2D eigenvalue weighted by molar-refractivity contribution is 5.99. The molecule has 0 aliphatic carbocycles. The van der Waals surface area contributed by atoms with E-state index in [1.54, 1.807) is 0 Å². The molecule has 0 bridgehead atoms. The van der Waals surface area contributed by atoms with Crippen molar-refractivity contribution in [2.75, 3.05) is 0 Å². The Hall–Kier alpha value is -2.05. The van der Waals surface area contributed by atoms with Gasteiger partial charge in [-0.25, -0.2) is 13.2 Å². The largest absolute Gasteiger partial charge is 0.365 e. The number of hydrogen-bond donors (Lipinski definition) is 2. The fraction of sp³-hybridized carbons (Fsp3) is 0.111. The van der Waals surface area contributed by atoms with Gasteiger partial charge in [-0.3, -0.25) is 9.59 Å². The normalized spacial score (nSPS) is 10.2. The van der Waals surface area contributed by atoms with Crippen molar-refractivity contribution >= 4 is 11.8 Å². The minimum absolute atomic E-state index is 0.691. The first kappa shape index (κ1) is 12.0. The molecule has 7 heteroatoms. The van der Waals surface area contributed by atoms with Gasteiger partial charge in [-0.15, -0.1) is 0 Å². The monoisotopic (exact) mass is 232 g/mol. The number of nitrogens with two attached hydrogens (primary N) is 2. The highest BCUT2D eigenvalue weighted by Gasteiger charge is 2.28. The van der Waals surface area contributed by atoms with Gasteiger partial charge in [0.25, 0.3) is 11.8 Å². The van der Waals surface area contributed by atoms with E-state index in [0.717, 1.165) is 6.92 Å². The SMILES string of the molecule is Cc1c(F)c(C(N)=O)c(F)c(C(N)=O)c1F. The predicted molar refractivity (Wildman–Crippen MR) is 48.1 cm³/mol. The molecule has 4 N–H and O–H groups in total. The van der Waals surface area contributed by atoms with E-state index in [1.807, 2.05) is 0 Å². The summed E-state index contributed by atoms with van der Waals surface area (Å²) in [6.07, 6.45) is 0. The number of primary amides is 2. The molecule has 0 unspecified atom stereocenters. The quantitative estimate of drug-likeness (QED) is 0.782. The molecule has 1 aromatic rings. The summed E-state index contributed by atoms with van der Waals surface area (Å²) >= 11 is 0. The fourth-order valence-electron chi connectivity index (χ4n) is 1.22. The molecule has 0 atom stereocenters. The lowest BCUT2D eigenvalue weighted by Crippen LogP contribution is -2.23. The van der Waals surface area contributed by atoms with Crippen molar-refractivity contribution in [1.29, 1.82) is 0 Å². The predicted octanol–water partition coefficient (Wildman–Crippen LogP) is 0.610. The molecule has 4 nitrogen and oxygen atoms in total. The molecule has 0 aliphatic heterocycles. The van der Waals surface area contributed by atoms with Gasteiger partial charge < -0.3 is 11.5 Å². The van der Waals surface area contributed by atoms with E-state index in [1.165, 1.54) is 0 Å². The minimum atomic E-state index is -1.68. The van der Waals surface area contributed by atoms with E-state index in [4.69, 9.17) is 11.5 Å². The molecular weight excluding hydrogens is 225 g/mol. The number of carbonyl (C=O) groups excluding carboxylic acids is 2. The van der Waals surface area contributed by atoms with Crippen LogP contribution in [0.3, 0.4) is 0 Å². The third-order valence-electron chi connectivity index (χ3n) is 2.03. The molecule has 0 saturated heterocycles. The average Bonchev–Trinajstić information content (AvgIpc) is 2.13. The zero-order valence-electron chi connectivity index (χ0n) is 8.11. The third kappa shape index (κ3) is 1.60. The van der Waals surface area contributed by atoms with Crippen LogP contribution in [0.5, 0.6) is 0 Å². The van der Waals surface area contributed by atoms with Crippen molar-refractivity contribution in [2.45, 2.75) is 6.92 Å². The van der Waals surface area contributed by atoms with Crippen molar-refractivity contribution in [3.63, 3.8) is 0 Å². The first-order chi connectivity index (χ1) is 7.29. The number of hydrogen-bond acceptors (Lipinski definition) is 2. The Morgan fingerprint density at radius 3 is 1.44 bits per heavy atom. The first-order valence-corrected chi connectivity index (χ1v) is 4.05. The smallest absolute Gasteiger partial charge is 0.254 e. The second kappa shape index (κ2) is 3.84. The Bertz CT molecular complexity index is 459. The number of rotatable bonds is 2. The molecule has 0 radical (unpaired) electrons. The average molecular weight is 232 g/mol. The molecule has 2 amide bonds. The number of carbonyl (C=O) groups is 2. The van der Waals surface area contributed by atoms with E-state index < -0.39 is 46.0 Å². The molecular formula is C9H7F3N2O2. The molecule has 16 heavy (non-hydrogen) atoms. The van der Waals surface area contributed by atoms with E-state index in [0.29, 0.717) is 0 Å². The van der Waals surface area contributed by atoms with Crippen LogP contribution in [-0.4, -0.2) is 11.8 Å².